The monoisotopic (exact) mass is 571 g/mol. The molecule has 0 aromatic heterocycles. The summed E-state index contributed by atoms with van der Waals surface area (Å²) < 4.78 is 68.2. The number of Topliss-reactive ketones (excluding diaryl/α,β-unsaturated/α-hetero) is 1. The molecule has 5 N–H and O–H groups in total. The third kappa shape index (κ3) is 7.03. The standard InChI is InChI=1S/C13H20F3N3O4.C10H16O4S/c14-13(15,16)12(23)18-8(4-1-2-6-17)10(20)19-7-3-5-9(19)11(21)22;1-9(2)7-3-4-10(9,8(11)5-7)6-15(12,13)14/h8-9H,1-7,17H2,(H,18,23)(H,21,22);7H,3-6H2,1-2H3,(H,12,13,14)/t8-,9-;7-,10-/m01/s1. The number of alkyl halides is 3. The van der Waals surface area contributed by atoms with E-state index in [1.54, 1.807) is 5.32 Å². The van der Waals surface area contributed by atoms with E-state index in [4.69, 9.17) is 15.4 Å². The van der Waals surface area contributed by atoms with E-state index in [1.807, 2.05) is 13.8 Å². The van der Waals surface area contributed by atoms with Gasteiger partial charge in [0.15, 0.2) is 0 Å². The summed E-state index contributed by atoms with van der Waals surface area (Å²) >= 11 is 0. The summed E-state index contributed by atoms with van der Waals surface area (Å²) in [5, 5.41) is 10.7. The first kappa shape index (κ1) is 32.0. The number of nitrogens with one attached hydrogen (secondary N) is 1. The summed E-state index contributed by atoms with van der Waals surface area (Å²) in [6.07, 6.45) is -1.65. The largest absolute Gasteiger partial charge is 0.480 e. The number of aliphatic carboxylic acids is 1. The quantitative estimate of drug-likeness (QED) is 0.235. The SMILES string of the molecule is CC1(C)[C@@H]2CC[C@@]1(CS(=O)(=O)O)C(=O)C2.NCCCC[C@H](NC(=O)C(F)(F)F)C(=O)N1CCC[C@H]1C(=O)O. The van der Waals surface area contributed by atoms with E-state index in [1.165, 1.54) is 0 Å². The molecule has 3 aliphatic rings. The van der Waals surface area contributed by atoms with Crippen molar-refractivity contribution >= 4 is 33.7 Å². The van der Waals surface area contributed by atoms with Crippen molar-refractivity contribution in [2.45, 2.75) is 83.5 Å². The molecule has 2 amide bonds. The Morgan fingerprint density at radius 2 is 1.84 bits per heavy atom. The molecular formula is C23H36F3N3O8S. The lowest BCUT2D eigenvalue weighted by Crippen LogP contribution is -2.54. The molecule has 1 aliphatic heterocycles. The number of unbranched alkanes of at least 4 members (excludes halogenated alkanes) is 1. The molecule has 2 bridgehead atoms. The number of carbonyl (C=O) groups is 4. The van der Waals surface area contributed by atoms with Crippen LogP contribution in [0.3, 0.4) is 0 Å². The third-order valence-corrected chi connectivity index (χ3v) is 9.05. The number of nitrogens with zero attached hydrogens (tertiary/aromatic N) is 1. The molecule has 11 nitrogen and oxygen atoms in total. The first-order chi connectivity index (χ1) is 17.4. The Balaban J connectivity index is 0.000000290. The Morgan fingerprint density at radius 3 is 2.29 bits per heavy atom. The van der Waals surface area contributed by atoms with E-state index >= 15 is 0 Å². The summed E-state index contributed by atoms with van der Waals surface area (Å²) in [5.41, 5.74) is 4.18. The molecule has 38 heavy (non-hydrogen) atoms. The second-order valence-corrected chi connectivity index (χ2v) is 12.2. The number of amides is 2. The van der Waals surface area contributed by atoms with Crippen molar-refractivity contribution in [3.05, 3.63) is 0 Å². The van der Waals surface area contributed by atoms with Crippen LogP contribution in [-0.4, -0.2) is 83.6 Å². The van der Waals surface area contributed by atoms with Gasteiger partial charge in [-0.15, -0.1) is 0 Å². The van der Waals surface area contributed by atoms with Crippen LogP contribution < -0.4 is 11.1 Å². The normalized spacial score (nSPS) is 27.0. The number of halogens is 3. The molecule has 2 aliphatic carbocycles. The van der Waals surface area contributed by atoms with Crippen molar-refractivity contribution in [3.63, 3.8) is 0 Å². The molecule has 218 valence electrons. The lowest BCUT2D eigenvalue weighted by atomic mass is 9.70. The molecule has 0 unspecified atom stereocenters. The first-order valence-electron chi connectivity index (χ1n) is 12.5. The van der Waals surface area contributed by atoms with Gasteiger partial charge in [-0.05, 0) is 62.8 Å². The summed E-state index contributed by atoms with van der Waals surface area (Å²) in [6, 6.07) is -2.47. The van der Waals surface area contributed by atoms with Gasteiger partial charge in [-0.25, -0.2) is 4.79 Å². The lowest BCUT2D eigenvalue weighted by molar-refractivity contribution is -0.175. The zero-order valence-corrected chi connectivity index (χ0v) is 22.2. The number of fused-ring (bicyclic) bond motifs is 2. The van der Waals surface area contributed by atoms with Gasteiger partial charge in [0.1, 0.15) is 17.9 Å². The summed E-state index contributed by atoms with van der Waals surface area (Å²) in [4.78, 5) is 47.5. The van der Waals surface area contributed by atoms with E-state index < -0.39 is 57.3 Å². The smallest absolute Gasteiger partial charge is 0.471 e. The highest BCUT2D eigenvalue weighted by Gasteiger charge is 2.65. The summed E-state index contributed by atoms with van der Waals surface area (Å²) in [7, 11) is -4.08. The molecule has 3 rings (SSSR count). The van der Waals surface area contributed by atoms with Crippen molar-refractivity contribution in [1.29, 1.82) is 0 Å². The molecule has 0 radical (unpaired) electrons. The van der Waals surface area contributed by atoms with Crippen molar-refractivity contribution in [3.8, 4) is 0 Å². The Morgan fingerprint density at radius 1 is 1.21 bits per heavy atom. The molecule has 3 fully saturated rings. The molecule has 4 atom stereocenters. The van der Waals surface area contributed by atoms with Crippen LogP contribution in [0.15, 0.2) is 0 Å². The number of rotatable bonds is 9. The zero-order valence-electron chi connectivity index (χ0n) is 21.4. The Hall–Kier alpha value is -2.26. The fraction of sp³-hybridized carbons (Fsp3) is 0.826. The number of carboxylic acid groups (broad SMARTS) is 1. The summed E-state index contributed by atoms with van der Waals surface area (Å²) in [6.45, 7) is 4.34. The number of likely N-dealkylation sites (tertiary alicyclic amines) is 1. The maximum Gasteiger partial charge on any atom is 0.471 e. The van der Waals surface area contributed by atoms with Crippen LogP contribution in [0.25, 0.3) is 0 Å². The van der Waals surface area contributed by atoms with Gasteiger partial charge in [0.25, 0.3) is 10.1 Å². The van der Waals surface area contributed by atoms with Crippen LogP contribution in [0.5, 0.6) is 0 Å². The van der Waals surface area contributed by atoms with Crippen molar-refractivity contribution in [1.82, 2.24) is 10.2 Å². The topological polar surface area (TPSA) is 184 Å². The highest BCUT2D eigenvalue weighted by Crippen LogP contribution is 2.64. The van der Waals surface area contributed by atoms with Crippen molar-refractivity contribution in [2.24, 2.45) is 22.5 Å². The number of hydrogen-bond acceptors (Lipinski definition) is 7. The molecule has 2 saturated carbocycles. The van der Waals surface area contributed by atoms with Crippen LogP contribution in [0.4, 0.5) is 13.2 Å². The average molecular weight is 572 g/mol. The van der Waals surface area contributed by atoms with Gasteiger partial charge in [-0.3, -0.25) is 18.9 Å². The van der Waals surface area contributed by atoms with E-state index in [0.717, 1.165) is 11.3 Å². The molecule has 0 spiro atoms. The van der Waals surface area contributed by atoms with Gasteiger partial charge in [0, 0.05) is 13.0 Å². The predicted octanol–water partition coefficient (Wildman–Crippen LogP) is 1.51. The van der Waals surface area contributed by atoms with Crippen LogP contribution >= 0.6 is 0 Å². The average Bonchev–Trinajstić information content (AvgIpc) is 3.41. The van der Waals surface area contributed by atoms with Gasteiger partial charge in [-0.1, -0.05) is 13.8 Å². The molecule has 1 heterocycles. The van der Waals surface area contributed by atoms with Gasteiger partial charge in [-0.2, -0.15) is 21.6 Å². The number of nitrogens with two attached hydrogens (primary N) is 1. The van der Waals surface area contributed by atoms with E-state index in [0.29, 0.717) is 38.6 Å². The first-order valence-corrected chi connectivity index (χ1v) is 14.1. The number of carboxylic acids is 1. The molecule has 15 heteroatoms. The fourth-order valence-corrected chi connectivity index (χ4v) is 7.20. The lowest BCUT2D eigenvalue weighted by Gasteiger charge is -2.35. The number of carbonyl (C=O) groups excluding carboxylic acids is 3. The Labute approximate surface area is 219 Å². The highest BCUT2D eigenvalue weighted by molar-refractivity contribution is 7.85. The van der Waals surface area contributed by atoms with Crippen LogP contribution in [0.2, 0.25) is 0 Å². The van der Waals surface area contributed by atoms with Crippen molar-refractivity contribution < 1.29 is 50.4 Å². The molecular weight excluding hydrogens is 535 g/mol. The minimum Gasteiger partial charge on any atom is -0.480 e. The van der Waals surface area contributed by atoms with Gasteiger partial charge < -0.3 is 21.1 Å². The molecule has 0 aromatic carbocycles. The maximum absolute atomic E-state index is 12.4. The molecule has 0 aromatic rings. The molecule has 1 saturated heterocycles. The van der Waals surface area contributed by atoms with Gasteiger partial charge in [0.2, 0.25) is 5.91 Å². The van der Waals surface area contributed by atoms with Crippen LogP contribution in [0.1, 0.15) is 65.2 Å². The maximum atomic E-state index is 12.4. The minimum atomic E-state index is -5.11. The van der Waals surface area contributed by atoms with E-state index in [9.17, 15) is 40.8 Å². The predicted molar refractivity (Wildman–Crippen MR) is 128 cm³/mol. The Bertz CT molecular complexity index is 1030. The second-order valence-electron chi connectivity index (χ2n) is 10.7. The fourth-order valence-electron chi connectivity index (χ4n) is 5.90. The highest BCUT2D eigenvalue weighted by atomic mass is 32.2. The van der Waals surface area contributed by atoms with Gasteiger partial charge in [0.05, 0.1) is 11.2 Å². The summed E-state index contributed by atoms with van der Waals surface area (Å²) in [5.74, 6) is -4.33. The Kier molecular flexibility index (Phi) is 9.98. The van der Waals surface area contributed by atoms with E-state index in [2.05, 4.69) is 0 Å². The minimum absolute atomic E-state index is 0.0152. The zero-order chi connectivity index (χ0) is 29.1. The third-order valence-electron chi connectivity index (χ3n) is 8.20. The second kappa shape index (κ2) is 11.9. The van der Waals surface area contributed by atoms with Crippen molar-refractivity contribution in [2.75, 3.05) is 18.8 Å². The van der Waals surface area contributed by atoms with Crippen LogP contribution in [0, 0.1) is 16.7 Å². The number of ketones is 1. The van der Waals surface area contributed by atoms with Gasteiger partial charge >= 0.3 is 18.1 Å². The number of hydrogen-bond donors (Lipinski definition) is 4. The van der Waals surface area contributed by atoms with Crippen LogP contribution in [-0.2, 0) is 29.3 Å². The van der Waals surface area contributed by atoms with E-state index in [-0.39, 0.29) is 36.5 Å².